The fourth-order valence-corrected chi connectivity index (χ4v) is 1.83. The number of thiazole rings is 1. The molecule has 0 aromatic carbocycles. The molecule has 90 valence electrons. The molecule has 0 radical (unpaired) electrons. The topological polar surface area (TPSA) is 51.2 Å². The molecule has 1 aromatic heterocycles. The van der Waals surface area contributed by atoms with Crippen LogP contribution in [-0.4, -0.2) is 24.1 Å². The van der Waals surface area contributed by atoms with Crippen LogP contribution in [0.1, 0.15) is 32.5 Å². The van der Waals surface area contributed by atoms with Crippen molar-refractivity contribution in [3.63, 3.8) is 0 Å². The lowest BCUT2D eigenvalue weighted by molar-refractivity contribution is -0.146. The van der Waals surface area contributed by atoms with E-state index in [1.165, 1.54) is 11.3 Å². The van der Waals surface area contributed by atoms with Crippen LogP contribution >= 0.6 is 11.3 Å². The minimum Gasteiger partial charge on any atom is -0.465 e. The van der Waals surface area contributed by atoms with Crippen LogP contribution in [0.5, 0.6) is 0 Å². The van der Waals surface area contributed by atoms with E-state index in [4.69, 9.17) is 4.74 Å². The maximum Gasteiger partial charge on any atom is 0.329 e. The van der Waals surface area contributed by atoms with Crippen molar-refractivity contribution in [1.82, 2.24) is 10.3 Å². The second-order valence-corrected chi connectivity index (χ2v) is 4.62. The van der Waals surface area contributed by atoms with E-state index in [0.717, 1.165) is 12.2 Å². The first-order chi connectivity index (χ1) is 7.65. The molecule has 0 aliphatic rings. The van der Waals surface area contributed by atoms with Crippen LogP contribution in [0.15, 0.2) is 10.9 Å². The van der Waals surface area contributed by atoms with Crippen LogP contribution in [0.4, 0.5) is 0 Å². The first-order valence-corrected chi connectivity index (χ1v) is 6.37. The van der Waals surface area contributed by atoms with Crippen LogP contribution < -0.4 is 5.32 Å². The summed E-state index contributed by atoms with van der Waals surface area (Å²) >= 11 is 1.48. The smallest absolute Gasteiger partial charge is 0.329 e. The number of aromatic nitrogens is 1. The van der Waals surface area contributed by atoms with Crippen LogP contribution in [0, 0.1) is 5.92 Å². The van der Waals surface area contributed by atoms with Gasteiger partial charge in [-0.1, -0.05) is 13.8 Å². The van der Waals surface area contributed by atoms with E-state index in [2.05, 4.69) is 24.1 Å². The summed E-state index contributed by atoms with van der Waals surface area (Å²) in [5.41, 5.74) is 2.46. The lowest BCUT2D eigenvalue weighted by atomic mass is 10.2. The average Bonchev–Trinajstić information content (AvgIpc) is 2.71. The van der Waals surface area contributed by atoms with Gasteiger partial charge in [-0.2, -0.15) is 0 Å². The van der Waals surface area contributed by atoms with E-state index < -0.39 is 6.04 Å². The normalized spacial score (nSPS) is 12.8. The number of carbonyl (C=O) groups excluding carboxylic acids is 1. The van der Waals surface area contributed by atoms with Crippen LogP contribution in [0.2, 0.25) is 0 Å². The molecule has 0 saturated heterocycles. The third kappa shape index (κ3) is 3.90. The van der Waals surface area contributed by atoms with Gasteiger partial charge in [0.1, 0.15) is 6.04 Å². The summed E-state index contributed by atoms with van der Waals surface area (Å²) in [6.45, 7) is 7.15. The summed E-state index contributed by atoms with van der Waals surface area (Å²) in [5.74, 6) is 0.226. The van der Waals surface area contributed by atoms with Crippen molar-refractivity contribution in [2.75, 3.05) is 13.2 Å². The van der Waals surface area contributed by atoms with Crippen molar-refractivity contribution in [2.24, 2.45) is 5.92 Å². The van der Waals surface area contributed by atoms with Gasteiger partial charge in [-0.25, -0.2) is 9.78 Å². The quantitative estimate of drug-likeness (QED) is 0.775. The Bertz CT molecular complexity index is 312. The molecule has 0 aliphatic carbocycles. The molecular weight excluding hydrogens is 224 g/mol. The predicted octanol–water partition coefficient (Wildman–Crippen LogP) is 1.99. The molecule has 1 atom stereocenters. The summed E-state index contributed by atoms with van der Waals surface area (Å²) in [6, 6.07) is -0.436. The van der Waals surface area contributed by atoms with Gasteiger partial charge in [-0.05, 0) is 19.4 Å². The van der Waals surface area contributed by atoms with E-state index in [1.54, 1.807) is 12.4 Å². The zero-order valence-corrected chi connectivity index (χ0v) is 10.7. The number of nitrogens with zero attached hydrogens (tertiary/aromatic N) is 1. The van der Waals surface area contributed by atoms with Crippen molar-refractivity contribution < 1.29 is 9.53 Å². The van der Waals surface area contributed by atoms with Crippen molar-refractivity contribution >= 4 is 17.3 Å². The largest absolute Gasteiger partial charge is 0.465 e. The SMILES string of the molecule is CCOC(=O)C(NCC(C)C)c1cscn1. The summed E-state index contributed by atoms with van der Waals surface area (Å²) < 4.78 is 5.02. The Morgan fingerprint density at radius 1 is 1.62 bits per heavy atom. The van der Waals surface area contributed by atoms with E-state index in [0.29, 0.717) is 12.5 Å². The lowest BCUT2D eigenvalue weighted by Crippen LogP contribution is -2.33. The summed E-state index contributed by atoms with van der Waals surface area (Å²) in [7, 11) is 0. The fourth-order valence-electron chi connectivity index (χ4n) is 1.25. The molecule has 0 amide bonds. The number of rotatable bonds is 6. The molecule has 0 aliphatic heterocycles. The van der Waals surface area contributed by atoms with Gasteiger partial charge >= 0.3 is 5.97 Å². The second-order valence-electron chi connectivity index (χ2n) is 3.90. The highest BCUT2D eigenvalue weighted by molar-refractivity contribution is 7.07. The Hall–Kier alpha value is -0.940. The molecule has 0 spiro atoms. The van der Waals surface area contributed by atoms with Gasteiger partial charge in [-0.15, -0.1) is 11.3 Å². The molecule has 16 heavy (non-hydrogen) atoms. The van der Waals surface area contributed by atoms with E-state index in [-0.39, 0.29) is 5.97 Å². The first kappa shape index (κ1) is 13.1. The van der Waals surface area contributed by atoms with Crippen molar-refractivity contribution in [3.8, 4) is 0 Å². The monoisotopic (exact) mass is 242 g/mol. The number of esters is 1. The zero-order valence-electron chi connectivity index (χ0n) is 9.90. The highest BCUT2D eigenvalue weighted by Gasteiger charge is 2.23. The van der Waals surface area contributed by atoms with Gasteiger partial charge < -0.3 is 4.74 Å². The molecule has 0 fully saturated rings. The second kappa shape index (κ2) is 6.60. The molecule has 1 unspecified atom stereocenters. The standard InChI is InChI=1S/C11H18N2O2S/c1-4-15-11(14)10(12-5-8(2)3)9-6-16-7-13-9/h6-8,10,12H,4-5H2,1-3H3. The number of hydrogen-bond acceptors (Lipinski definition) is 5. The van der Waals surface area contributed by atoms with Crippen molar-refractivity contribution in [3.05, 3.63) is 16.6 Å². The van der Waals surface area contributed by atoms with Crippen molar-refractivity contribution in [2.45, 2.75) is 26.8 Å². The van der Waals surface area contributed by atoms with Crippen molar-refractivity contribution in [1.29, 1.82) is 0 Å². The Morgan fingerprint density at radius 2 is 2.38 bits per heavy atom. The summed E-state index contributed by atoms with van der Waals surface area (Å²) in [4.78, 5) is 15.9. The zero-order chi connectivity index (χ0) is 12.0. The van der Waals surface area contributed by atoms with E-state index in [9.17, 15) is 4.79 Å². The van der Waals surface area contributed by atoms with Crippen LogP contribution in [0.25, 0.3) is 0 Å². The Kier molecular flexibility index (Phi) is 5.42. The maximum absolute atomic E-state index is 11.7. The molecule has 1 aromatic rings. The lowest BCUT2D eigenvalue weighted by Gasteiger charge is -2.16. The van der Waals surface area contributed by atoms with Gasteiger partial charge in [0.05, 0.1) is 17.8 Å². The molecule has 5 heteroatoms. The average molecular weight is 242 g/mol. The summed E-state index contributed by atoms with van der Waals surface area (Å²) in [5, 5.41) is 5.05. The molecule has 0 saturated carbocycles. The predicted molar refractivity (Wildman–Crippen MR) is 64.3 cm³/mol. The molecule has 0 bridgehead atoms. The number of ether oxygens (including phenoxy) is 1. The van der Waals surface area contributed by atoms with Gasteiger partial charge in [0.15, 0.2) is 0 Å². The molecule has 1 N–H and O–H groups in total. The Balaban J connectivity index is 2.66. The fraction of sp³-hybridized carbons (Fsp3) is 0.636. The maximum atomic E-state index is 11.7. The van der Waals surface area contributed by atoms with Crippen LogP contribution in [0.3, 0.4) is 0 Å². The van der Waals surface area contributed by atoms with E-state index in [1.807, 2.05) is 5.38 Å². The molecule has 4 nitrogen and oxygen atoms in total. The third-order valence-corrected chi connectivity index (χ3v) is 2.60. The van der Waals surface area contributed by atoms with Gasteiger partial charge in [0.2, 0.25) is 0 Å². The molecule has 1 heterocycles. The van der Waals surface area contributed by atoms with Gasteiger partial charge in [0.25, 0.3) is 0 Å². The molecular formula is C11H18N2O2S. The highest BCUT2D eigenvalue weighted by Crippen LogP contribution is 2.15. The third-order valence-electron chi connectivity index (χ3n) is 2.00. The number of hydrogen-bond donors (Lipinski definition) is 1. The number of carbonyl (C=O) groups is 1. The Labute approximate surface area is 100 Å². The van der Waals surface area contributed by atoms with Gasteiger partial charge in [-0.3, -0.25) is 5.32 Å². The number of nitrogens with one attached hydrogen (secondary N) is 1. The van der Waals surface area contributed by atoms with E-state index >= 15 is 0 Å². The van der Waals surface area contributed by atoms with Crippen LogP contribution in [-0.2, 0) is 9.53 Å². The Morgan fingerprint density at radius 3 is 2.88 bits per heavy atom. The summed E-state index contributed by atoms with van der Waals surface area (Å²) in [6.07, 6.45) is 0. The first-order valence-electron chi connectivity index (χ1n) is 5.43. The minimum absolute atomic E-state index is 0.256. The highest BCUT2D eigenvalue weighted by atomic mass is 32.1. The van der Waals surface area contributed by atoms with Gasteiger partial charge in [0, 0.05) is 5.38 Å². The molecule has 1 rings (SSSR count). The minimum atomic E-state index is -0.436.